The van der Waals surface area contributed by atoms with E-state index < -0.39 is 0 Å². The van der Waals surface area contributed by atoms with Crippen molar-refractivity contribution in [2.45, 2.75) is 44.6 Å². The van der Waals surface area contributed by atoms with Crippen LogP contribution in [-0.2, 0) is 0 Å². The topological polar surface area (TPSA) is 32.3 Å². The Hall–Kier alpha value is -1.22. The van der Waals surface area contributed by atoms with Crippen molar-refractivity contribution < 1.29 is 4.79 Å². The number of amides is 2. The average Bonchev–Trinajstić information content (AvgIpc) is 2.49. The van der Waals surface area contributed by atoms with Crippen molar-refractivity contribution in [1.82, 2.24) is 4.90 Å². The molecule has 0 aromatic heterocycles. The second-order valence-corrected chi connectivity index (χ2v) is 6.32. The molecule has 2 amide bonds. The fourth-order valence-electron chi connectivity index (χ4n) is 3.61. The number of carbonyl (C=O) groups excluding carboxylic acids is 1. The monoisotopic (exact) mass is 292 g/mol. The SMILES string of the molecule is O=C(Nc1ccc(Cl)cc1)N1CCC[C@@H]2CCCC[C@@H]21. The number of halogens is 1. The molecule has 1 aromatic carbocycles. The van der Waals surface area contributed by atoms with Crippen molar-refractivity contribution in [3.8, 4) is 0 Å². The number of likely N-dealkylation sites (tertiary alicyclic amines) is 1. The van der Waals surface area contributed by atoms with Crippen molar-refractivity contribution in [3.05, 3.63) is 29.3 Å². The van der Waals surface area contributed by atoms with Gasteiger partial charge in [-0.25, -0.2) is 4.79 Å². The van der Waals surface area contributed by atoms with Gasteiger partial charge in [-0.3, -0.25) is 0 Å². The Kier molecular flexibility index (Phi) is 4.16. The molecule has 1 saturated heterocycles. The van der Waals surface area contributed by atoms with E-state index in [4.69, 9.17) is 11.6 Å². The maximum Gasteiger partial charge on any atom is 0.322 e. The Labute approximate surface area is 125 Å². The molecule has 1 aliphatic heterocycles. The fraction of sp³-hybridized carbons (Fsp3) is 0.562. The van der Waals surface area contributed by atoms with Crippen LogP contribution in [0.1, 0.15) is 38.5 Å². The molecular formula is C16H21ClN2O. The Morgan fingerprint density at radius 3 is 2.60 bits per heavy atom. The molecular weight excluding hydrogens is 272 g/mol. The number of carbonyl (C=O) groups is 1. The second-order valence-electron chi connectivity index (χ2n) is 5.88. The van der Waals surface area contributed by atoms with Crippen LogP contribution in [0.5, 0.6) is 0 Å². The van der Waals surface area contributed by atoms with E-state index in [1.807, 2.05) is 12.1 Å². The summed E-state index contributed by atoms with van der Waals surface area (Å²) in [4.78, 5) is 14.5. The average molecular weight is 293 g/mol. The summed E-state index contributed by atoms with van der Waals surface area (Å²) < 4.78 is 0. The molecule has 3 rings (SSSR count). The summed E-state index contributed by atoms with van der Waals surface area (Å²) in [5.74, 6) is 0.716. The van der Waals surface area contributed by atoms with Gasteiger partial charge >= 0.3 is 6.03 Å². The fourth-order valence-corrected chi connectivity index (χ4v) is 3.73. The van der Waals surface area contributed by atoms with Gasteiger partial charge in [0, 0.05) is 23.3 Å². The lowest BCUT2D eigenvalue weighted by atomic mass is 9.78. The minimum Gasteiger partial charge on any atom is -0.321 e. The van der Waals surface area contributed by atoms with E-state index in [-0.39, 0.29) is 6.03 Å². The van der Waals surface area contributed by atoms with E-state index in [1.165, 1.54) is 32.1 Å². The number of benzene rings is 1. The first-order valence-corrected chi connectivity index (χ1v) is 7.95. The van der Waals surface area contributed by atoms with Crippen LogP contribution in [0.25, 0.3) is 0 Å². The Morgan fingerprint density at radius 1 is 1.10 bits per heavy atom. The van der Waals surface area contributed by atoms with Gasteiger partial charge in [0.15, 0.2) is 0 Å². The molecule has 1 aliphatic carbocycles. The van der Waals surface area contributed by atoms with Crippen LogP contribution in [0.2, 0.25) is 5.02 Å². The molecule has 1 heterocycles. The Bertz CT molecular complexity index is 472. The maximum absolute atomic E-state index is 12.5. The number of nitrogens with zero attached hydrogens (tertiary/aromatic N) is 1. The molecule has 0 radical (unpaired) electrons. The van der Waals surface area contributed by atoms with Crippen LogP contribution in [0.15, 0.2) is 24.3 Å². The molecule has 0 spiro atoms. The lowest BCUT2D eigenvalue weighted by Crippen LogP contribution is -2.51. The van der Waals surface area contributed by atoms with Crippen LogP contribution < -0.4 is 5.32 Å². The quantitative estimate of drug-likeness (QED) is 0.810. The van der Waals surface area contributed by atoms with Crippen LogP contribution in [0, 0.1) is 5.92 Å². The summed E-state index contributed by atoms with van der Waals surface area (Å²) in [7, 11) is 0. The Balaban J connectivity index is 1.67. The summed E-state index contributed by atoms with van der Waals surface area (Å²) >= 11 is 5.86. The number of fused-ring (bicyclic) bond motifs is 1. The lowest BCUT2D eigenvalue weighted by molar-refractivity contribution is 0.0909. The predicted octanol–water partition coefficient (Wildman–Crippen LogP) is 4.53. The first-order valence-electron chi connectivity index (χ1n) is 7.57. The maximum atomic E-state index is 12.5. The van der Waals surface area contributed by atoms with Gasteiger partial charge in [-0.15, -0.1) is 0 Å². The van der Waals surface area contributed by atoms with Crippen LogP contribution in [-0.4, -0.2) is 23.5 Å². The molecule has 1 N–H and O–H groups in total. The lowest BCUT2D eigenvalue weighted by Gasteiger charge is -2.44. The molecule has 0 bridgehead atoms. The number of rotatable bonds is 1. The van der Waals surface area contributed by atoms with Crippen molar-refractivity contribution in [3.63, 3.8) is 0 Å². The van der Waals surface area contributed by atoms with Crippen molar-refractivity contribution >= 4 is 23.3 Å². The molecule has 0 unspecified atom stereocenters. The molecule has 20 heavy (non-hydrogen) atoms. The summed E-state index contributed by atoms with van der Waals surface area (Å²) in [6.07, 6.45) is 7.46. The minimum absolute atomic E-state index is 0.0453. The highest BCUT2D eigenvalue weighted by Gasteiger charge is 2.35. The highest BCUT2D eigenvalue weighted by molar-refractivity contribution is 6.30. The standard InChI is InChI=1S/C16H21ClN2O/c17-13-7-9-14(10-8-13)18-16(20)19-11-3-5-12-4-1-2-6-15(12)19/h7-10,12,15H,1-6,11H2,(H,18,20)/t12-,15-/m0/s1. The van der Waals surface area contributed by atoms with E-state index in [2.05, 4.69) is 10.2 Å². The normalized spacial score (nSPS) is 25.9. The zero-order valence-corrected chi connectivity index (χ0v) is 12.4. The third kappa shape index (κ3) is 2.93. The summed E-state index contributed by atoms with van der Waals surface area (Å²) in [5, 5.41) is 3.69. The van der Waals surface area contributed by atoms with Crippen molar-refractivity contribution in [1.29, 1.82) is 0 Å². The molecule has 108 valence electrons. The number of hydrogen-bond donors (Lipinski definition) is 1. The van der Waals surface area contributed by atoms with Gasteiger partial charge in [-0.1, -0.05) is 24.4 Å². The van der Waals surface area contributed by atoms with Gasteiger partial charge in [-0.2, -0.15) is 0 Å². The number of hydrogen-bond acceptors (Lipinski definition) is 1. The van der Waals surface area contributed by atoms with E-state index in [0.717, 1.165) is 18.7 Å². The second kappa shape index (κ2) is 6.04. The molecule has 2 atom stereocenters. The summed E-state index contributed by atoms with van der Waals surface area (Å²) in [6, 6.07) is 7.80. The molecule has 4 heteroatoms. The van der Waals surface area contributed by atoms with Crippen LogP contribution >= 0.6 is 11.6 Å². The highest BCUT2D eigenvalue weighted by atomic mass is 35.5. The van der Waals surface area contributed by atoms with E-state index in [9.17, 15) is 4.79 Å². The van der Waals surface area contributed by atoms with Gasteiger partial charge in [0.2, 0.25) is 0 Å². The van der Waals surface area contributed by atoms with E-state index >= 15 is 0 Å². The number of nitrogens with one attached hydrogen (secondary N) is 1. The van der Waals surface area contributed by atoms with Crippen LogP contribution in [0.4, 0.5) is 10.5 Å². The summed E-state index contributed by atoms with van der Waals surface area (Å²) in [6.45, 7) is 0.889. The molecule has 3 nitrogen and oxygen atoms in total. The molecule has 2 aliphatic rings. The zero-order chi connectivity index (χ0) is 13.9. The smallest absolute Gasteiger partial charge is 0.321 e. The van der Waals surface area contributed by atoms with E-state index in [1.54, 1.807) is 12.1 Å². The summed E-state index contributed by atoms with van der Waals surface area (Å²) in [5.41, 5.74) is 0.817. The van der Waals surface area contributed by atoms with Crippen molar-refractivity contribution in [2.24, 2.45) is 5.92 Å². The third-order valence-electron chi connectivity index (χ3n) is 4.60. The molecule has 1 aromatic rings. The highest BCUT2D eigenvalue weighted by Crippen LogP contribution is 2.35. The van der Waals surface area contributed by atoms with Gasteiger partial charge in [-0.05, 0) is 55.9 Å². The first kappa shape index (κ1) is 13.7. The van der Waals surface area contributed by atoms with Crippen molar-refractivity contribution in [2.75, 3.05) is 11.9 Å². The number of urea groups is 1. The predicted molar refractivity (Wildman–Crippen MR) is 82.2 cm³/mol. The molecule has 2 fully saturated rings. The Morgan fingerprint density at radius 2 is 1.80 bits per heavy atom. The van der Waals surface area contributed by atoms with Crippen LogP contribution in [0.3, 0.4) is 0 Å². The molecule has 1 saturated carbocycles. The van der Waals surface area contributed by atoms with Gasteiger partial charge < -0.3 is 10.2 Å². The minimum atomic E-state index is 0.0453. The largest absolute Gasteiger partial charge is 0.322 e. The van der Waals surface area contributed by atoms with E-state index in [0.29, 0.717) is 17.0 Å². The number of anilines is 1. The van der Waals surface area contributed by atoms with Gasteiger partial charge in [0.25, 0.3) is 0 Å². The van der Waals surface area contributed by atoms with Gasteiger partial charge in [0.05, 0.1) is 0 Å². The number of piperidine rings is 1. The third-order valence-corrected chi connectivity index (χ3v) is 4.85. The van der Waals surface area contributed by atoms with Gasteiger partial charge in [0.1, 0.15) is 0 Å². The first-order chi connectivity index (χ1) is 9.74. The zero-order valence-electron chi connectivity index (χ0n) is 11.6.